The van der Waals surface area contributed by atoms with Crippen molar-refractivity contribution in [2.45, 2.75) is 32.7 Å². The van der Waals surface area contributed by atoms with Gasteiger partial charge in [0, 0.05) is 31.4 Å². The maximum Gasteiger partial charge on any atom is 0.246 e. The smallest absolute Gasteiger partial charge is 0.246 e. The Morgan fingerprint density at radius 2 is 1.84 bits per heavy atom. The third-order valence-corrected chi connectivity index (χ3v) is 5.25. The molecule has 0 radical (unpaired) electrons. The molecule has 0 saturated carbocycles. The van der Waals surface area contributed by atoms with Gasteiger partial charge in [-0.05, 0) is 42.0 Å². The van der Waals surface area contributed by atoms with Crippen molar-refractivity contribution in [3.63, 3.8) is 0 Å². The number of benzene rings is 1. The van der Waals surface area contributed by atoms with Crippen molar-refractivity contribution in [3.8, 4) is 0 Å². The van der Waals surface area contributed by atoms with Gasteiger partial charge in [0.1, 0.15) is 6.04 Å². The van der Waals surface area contributed by atoms with Gasteiger partial charge in [0.05, 0.1) is 0 Å². The summed E-state index contributed by atoms with van der Waals surface area (Å²) in [6, 6.07) is 11.8. The van der Waals surface area contributed by atoms with Gasteiger partial charge in [0.2, 0.25) is 5.91 Å². The molecule has 0 aliphatic carbocycles. The Balaban J connectivity index is 1.67. The molecule has 1 aromatic carbocycles. The highest BCUT2D eigenvalue weighted by molar-refractivity contribution is 5.91. The van der Waals surface area contributed by atoms with E-state index in [1.165, 1.54) is 12.0 Å². The number of carbonyl (C=O) groups is 1. The fourth-order valence-corrected chi connectivity index (χ4v) is 4.34. The van der Waals surface area contributed by atoms with Gasteiger partial charge < -0.3 is 9.80 Å². The van der Waals surface area contributed by atoms with E-state index in [0.717, 1.165) is 31.0 Å². The van der Waals surface area contributed by atoms with E-state index in [4.69, 9.17) is 0 Å². The number of anilines is 2. The van der Waals surface area contributed by atoms with Crippen LogP contribution in [0.1, 0.15) is 25.8 Å². The number of para-hydroxylation sites is 1. The summed E-state index contributed by atoms with van der Waals surface area (Å²) >= 11 is 0. The molecule has 0 spiro atoms. The minimum atomic E-state index is -0.230. The minimum Gasteiger partial charge on any atom is -0.340 e. The van der Waals surface area contributed by atoms with Crippen LogP contribution < -0.4 is 4.90 Å². The van der Waals surface area contributed by atoms with Crippen LogP contribution in [0.25, 0.3) is 0 Å². The quantitative estimate of drug-likeness (QED) is 0.846. The highest BCUT2D eigenvalue weighted by atomic mass is 16.2. The summed E-state index contributed by atoms with van der Waals surface area (Å²) < 4.78 is 0. The minimum absolute atomic E-state index is 0.209. The highest BCUT2D eigenvalue weighted by Crippen LogP contribution is 2.38. The molecule has 0 N–H and O–H groups in total. The number of carbonyl (C=O) groups excluding carboxylic acids is 1. The molecule has 0 unspecified atom stereocenters. The summed E-state index contributed by atoms with van der Waals surface area (Å²) in [6.07, 6.45) is 3.59. The molecule has 130 valence electrons. The lowest BCUT2D eigenvalue weighted by molar-refractivity contribution is -0.135. The number of piperidine rings is 1. The SMILES string of the molecule is C[C@@H]1C[C@H](C)CN(C(=O)[C@@H]2Cc3ccccc3N2c2cccnn2)C1. The first-order valence-electron chi connectivity index (χ1n) is 9.07. The van der Waals surface area contributed by atoms with Crippen molar-refractivity contribution in [1.29, 1.82) is 0 Å². The van der Waals surface area contributed by atoms with Crippen LogP contribution in [0.4, 0.5) is 11.5 Å². The predicted molar refractivity (Wildman–Crippen MR) is 97.6 cm³/mol. The Labute approximate surface area is 148 Å². The molecular formula is C20H24N4O. The third kappa shape index (κ3) is 2.99. The van der Waals surface area contributed by atoms with Gasteiger partial charge in [-0.25, -0.2) is 0 Å². The number of hydrogen-bond donors (Lipinski definition) is 0. The fourth-order valence-electron chi connectivity index (χ4n) is 4.34. The standard InChI is InChI=1S/C20H24N4O/c1-14-10-15(2)13-23(12-14)20(25)18-11-16-6-3-4-7-17(16)24(18)19-8-5-9-21-22-19/h3-9,14-15,18H,10-13H2,1-2H3/t14-,15+,18-/m0/s1. The number of amides is 1. The molecule has 2 aromatic rings. The average Bonchev–Trinajstić information content (AvgIpc) is 3.00. The van der Waals surface area contributed by atoms with Crippen LogP contribution in [0.2, 0.25) is 0 Å². The first-order chi connectivity index (χ1) is 12.1. The van der Waals surface area contributed by atoms with E-state index in [9.17, 15) is 4.79 Å². The van der Waals surface area contributed by atoms with Crippen molar-refractivity contribution in [2.24, 2.45) is 11.8 Å². The summed E-state index contributed by atoms with van der Waals surface area (Å²) in [5, 5.41) is 8.29. The van der Waals surface area contributed by atoms with Crippen molar-refractivity contribution in [2.75, 3.05) is 18.0 Å². The van der Waals surface area contributed by atoms with E-state index in [1.807, 2.05) is 24.3 Å². The lowest BCUT2D eigenvalue weighted by Crippen LogP contribution is -2.50. The number of nitrogens with zero attached hydrogens (tertiary/aromatic N) is 4. The Morgan fingerprint density at radius 1 is 1.08 bits per heavy atom. The first-order valence-corrected chi connectivity index (χ1v) is 9.07. The van der Waals surface area contributed by atoms with Crippen molar-refractivity contribution < 1.29 is 4.79 Å². The van der Waals surface area contributed by atoms with Gasteiger partial charge in [0.25, 0.3) is 0 Å². The van der Waals surface area contributed by atoms with E-state index in [-0.39, 0.29) is 11.9 Å². The molecular weight excluding hydrogens is 312 g/mol. The first kappa shape index (κ1) is 16.1. The summed E-state index contributed by atoms with van der Waals surface area (Å²) in [5.41, 5.74) is 2.27. The maximum absolute atomic E-state index is 13.4. The van der Waals surface area contributed by atoms with Crippen LogP contribution in [-0.2, 0) is 11.2 Å². The van der Waals surface area contributed by atoms with E-state index in [0.29, 0.717) is 11.8 Å². The molecule has 1 amide bonds. The molecule has 5 nitrogen and oxygen atoms in total. The molecule has 5 heteroatoms. The van der Waals surface area contributed by atoms with Crippen molar-refractivity contribution in [1.82, 2.24) is 15.1 Å². The van der Waals surface area contributed by atoms with Crippen molar-refractivity contribution >= 4 is 17.4 Å². The average molecular weight is 336 g/mol. The summed E-state index contributed by atoms with van der Waals surface area (Å²) in [4.78, 5) is 17.5. The summed E-state index contributed by atoms with van der Waals surface area (Å²) in [7, 11) is 0. The monoisotopic (exact) mass is 336 g/mol. The van der Waals surface area contributed by atoms with Crippen molar-refractivity contribution in [3.05, 3.63) is 48.2 Å². The van der Waals surface area contributed by atoms with Crippen LogP contribution in [-0.4, -0.2) is 40.1 Å². The second kappa shape index (κ2) is 6.47. The normalized spacial score (nSPS) is 25.8. The van der Waals surface area contributed by atoms with E-state index >= 15 is 0 Å². The number of hydrogen-bond acceptors (Lipinski definition) is 4. The molecule has 0 bridgehead atoms. The summed E-state index contributed by atoms with van der Waals surface area (Å²) in [6.45, 7) is 6.17. The van der Waals surface area contributed by atoms with Crippen LogP contribution in [0.3, 0.4) is 0 Å². The van der Waals surface area contributed by atoms with Crippen LogP contribution in [0.5, 0.6) is 0 Å². The van der Waals surface area contributed by atoms with Gasteiger partial charge >= 0.3 is 0 Å². The topological polar surface area (TPSA) is 49.3 Å². The van der Waals surface area contributed by atoms with E-state index in [2.05, 4.69) is 46.0 Å². The Hall–Kier alpha value is -2.43. The second-order valence-electron chi connectivity index (χ2n) is 7.49. The fraction of sp³-hybridized carbons (Fsp3) is 0.450. The lowest BCUT2D eigenvalue weighted by Gasteiger charge is -2.38. The van der Waals surface area contributed by atoms with Crippen LogP contribution in [0.15, 0.2) is 42.6 Å². The second-order valence-corrected chi connectivity index (χ2v) is 7.49. The number of likely N-dealkylation sites (tertiary alicyclic amines) is 1. The Bertz CT molecular complexity index is 753. The predicted octanol–water partition coefficient (Wildman–Crippen LogP) is 3.04. The molecule has 3 heterocycles. The largest absolute Gasteiger partial charge is 0.340 e. The number of aromatic nitrogens is 2. The molecule has 1 saturated heterocycles. The van der Waals surface area contributed by atoms with E-state index in [1.54, 1.807) is 6.20 Å². The van der Waals surface area contributed by atoms with E-state index < -0.39 is 0 Å². The van der Waals surface area contributed by atoms with Crippen LogP contribution >= 0.6 is 0 Å². The van der Waals surface area contributed by atoms with Crippen LogP contribution in [0, 0.1) is 11.8 Å². The van der Waals surface area contributed by atoms with Gasteiger partial charge in [-0.2, -0.15) is 5.10 Å². The van der Waals surface area contributed by atoms with Gasteiger partial charge in [-0.1, -0.05) is 32.0 Å². The lowest BCUT2D eigenvalue weighted by atomic mass is 9.91. The molecule has 2 aliphatic heterocycles. The van der Waals surface area contributed by atoms with Gasteiger partial charge in [0.15, 0.2) is 5.82 Å². The zero-order chi connectivity index (χ0) is 17.4. The molecule has 4 rings (SSSR count). The molecule has 2 aliphatic rings. The molecule has 1 fully saturated rings. The number of fused-ring (bicyclic) bond motifs is 1. The Morgan fingerprint density at radius 3 is 2.56 bits per heavy atom. The molecule has 3 atom stereocenters. The van der Waals surface area contributed by atoms with Gasteiger partial charge in [-0.3, -0.25) is 4.79 Å². The number of rotatable bonds is 2. The van der Waals surface area contributed by atoms with Gasteiger partial charge in [-0.15, -0.1) is 5.10 Å². The summed E-state index contributed by atoms with van der Waals surface area (Å²) in [5.74, 6) is 2.06. The molecule has 1 aromatic heterocycles. The Kier molecular flexibility index (Phi) is 4.15. The highest BCUT2D eigenvalue weighted by Gasteiger charge is 2.39. The third-order valence-electron chi connectivity index (χ3n) is 5.25. The zero-order valence-electron chi connectivity index (χ0n) is 14.8. The molecule has 25 heavy (non-hydrogen) atoms. The zero-order valence-corrected chi connectivity index (χ0v) is 14.8. The maximum atomic E-state index is 13.4.